The smallest absolute Gasteiger partial charge is 0.338 e. The Morgan fingerprint density at radius 1 is 0.724 bits per heavy atom. The van der Waals surface area contributed by atoms with Crippen LogP contribution in [0.2, 0.25) is 0 Å². The largest absolute Gasteiger partial charge is 0.478 e. The third-order valence-corrected chi connectivity index (χ3v) is 4.44. The van der Waals surface area contributed by atoms with Gasteiger partial charge in [0.05, 0.1) is 11.1 Å². The zero-order valence-electron chi connectivity index (χ0n) is 16.7. The summed E-state index contributed by atoms with van der Waals surface area (Å²) in [4.78, 5) is 22.8. The predicted molar refractivity (Wildman–Crippen MR) is 117 cm³/mol. The molecule has 3 rings (SSSR count). The van der Waals surface area contributed by atoms with Crippen molar-refractivity contribution in [2.24, 2.45) is 0 Å². The van der Waals surface area contributed by atoms with Gasteiger partial charge in [0.25, 0.3) is 5.91 Å². The molecule has 0 atom stereocenters. The number of nitrogens with one attached hydrogen (secondary N) is 1. The number of carboxylic acids is 1. The maximum absolute atomic E-state index is 12.2. The van der Waals surface area contributed by atoms with Crippen molar-refractivity contribution in [1.82, 2.24) is 0 Å². The molecule has 0 aliphatic carbocycles. The van der Waals surface area contributed by atoms with Crippen molar-refractivity contribution in [3.8, 4) is 0 Å². The van der Waals surface area contributed by atoms with Gasteiger partial charge in [-0.1, -0.05) is 42.5 Å². The van der Waals surface area contributed by atoms with Crippen molar-refractivity contribution in [3.05, 3.63) is 88.5 Å². The zero-order chi connectivity index (χ0) is 21.6. The number of anilines is 3. The predicted octanol–water partition coefficient (Wildman–Crippen LogP) is 4.41. The molecule has 0 bridgehead atoms. The minimum atomic E-state index is -0.972. The van der Waals surface area contributed by atoms with E-state index < -0.39 is 5.97 Å². The average molecular weight is 391 g/mol. The minimum Gasteiger partial charge on any atom is -0.478 e. The SMILES string of the molecule is Cc1cccc(N)c1C(=O)O.Cc1ccccc1NC(=O)c1c(C)cccc1N. The van der Waals surface area contributed by atoms with E-state index in [-0.39, 0.29) is 11.5 Å². The first kappa shape index (κ1) is 21.5. The summed E-state index contributed by atoms with van der Waals surface area (Å²) < 4.78 is 0. The molecule has 0 radical (unpaired) electrons. The van der Waals surface area contributed by atoms with Crippen LogP contribution in [-0.2, 0) is 0 Å². The van der Waals surface area contributed by atoms with Crippen LogP contribution in [0.1, 0.15) is 37.4 Å². The van der Waals surface area contributed by atoms with E-state index in [0.717, 1.165) is 16.8 Å². The molecule has 0 aromatic heterocycles. The highest BCUT2D eigenvalue weighted by atomic mass is 16.4. The molecule has 0 heterocycles. The van der Waals surface area contributed by atoms with Gasteiger partial charge in [0, 0.05) is 17.1 Å². The van der Waals surface area contributed by atoms with Crippen LogP contribution in [0.25, 0.3) is 0 Å². The van der Waals surface area contributed by atoms with Crippen molar-refractivity contribution >= 4 is 28.9 Å². The van der Waals surface area contributed by atoms with E-state index >= 15 is 0 Å². The van der Waals surface area contributed by atoms with Gasteiger partial charge in [-0.15, -0.1) is 0 Å². The summed E-state index contributed by atoms with van der Waals surface area (Å²) in [6, 6.07) is 18.2. The van der Waals surface area contributed by atoms with E-state index in [9.17, 15) is 9.59 Å². The first-order chi connectivity index (χ1) is 13.7. The van der Waals surface area contributed by atoms with Gasteiger partial charge >= 0.3 is 5.97 Å². The Bertz CT molecular complexity index is 1000. The summed E-state index contributed by atoms with van der Waals surface area (Å²) in [6.07, 6.45) is 0. The molecule has 3 aromatic rings. The highest BCUT2D eigenvalue weighted by Gasteiger charge is 2.13. The van der Waals surface area contributed by atoms with Gasteiger partial charge < -0.3 is 21.9 Å². The van der Waals surface area contributed by atoms with Gasteiger partial charge in [0.15, 0.2) is 0 Å². The maximum Gasteiger partial charge on any atom is 0.338 e. The monoisotopic (exact) mass is 391 g/mol. The first-order valence-corrected chi connectivity index (χ1v) is 9.02. The van der Waals surface area contributed by atoms with Crippen molar-refractivity contribution in [2.45, 2.75) is 20.8 Å². The van der Waals surface area contributed by atoms with E-state index in [1.165, 1.54) is 0 Å². The molecule has 150 valence electrons. The van der Waals surface area contributed by atoms with Gasteiger partial charge in [0.1, 0.15) is 0 Å². The molecule has 0 saturated heterocycles. The Hall–Kier alpha value is -3.80. The van der Waals surface area contributed by atoms with E-state index in [1.807, 2.05) is 50.2 Å². The number of amides is 1. The van der Waals surface area contributed by atoms with Crippen LogP contribution < -0.4 is 16.8 Å². The Kier molecular flexibility index (Phi) is 6.98. The Balaban J connectivity index is 0.000000234. The number of aryl methyl sites for hydroxylation is 3. The molecule has 0 fully saturated rings. The lowest BCUT2D eigenvalue weighted by Crippen LogP contribution is -2.16. The standard InChI is InChI=1S/C15H16N2O.C8H9NO2/c1-10-6-3-4-9-13(10)17-15(18)14-11(2)7-5-8-12(14)16;1-5-3-2-4-6(9)7(5)8(10)11/h3-9H,16H2,1-2H3,(H,17,18);2-4H,9H2,1H3,(H,10,11). The molecular weight excluding hydrogens is 366 g/mol. The van der Waals surface area contributed by atoms with Crippen molar-refractivity contribution in [3.63, 3.8) is 0 Å². The molecule has 0 spiro atoms. The molecule has 0 aliphatic rings. The van der Waals surface area contributed by atoms with Gasteiger partial charge in [-0.25, -0.2) is 4.79 Å². The van der Waals surface area contributed by atoms with Crippen LogP contribution in [0.5, 0.6) is 0 Å². The van der Waals surface area contributed by atoms with Crippen LogP contribution in [0, 0.1) is 20.8 Å². The summed E-state index contributed by atoms with van der Waals surface area (Å²) in [7, 11) is 0. The second-order valence-electron chi connectivity index (χ2n) is 6.65. The molecule has 6 heteroatoms. The number of nitrogen functional groups attached to an aromatic ring is 2. The number of carboxylic acid groups (broad SMARTS) is 1. The summed E-state index contributed by atoms with van der Waals surface area (Å²) in [5.41, 5.74) is 16.3. The second kappa shape index (κ2) is 9.41. The molecule has 6 N–H and O–H groups in total. The number of hydrogen-bond donors (Lipinski definition) is 4. The fourth-order valence-corrected chi connectivity index (χ4v) is 2.88. The molecule has 3 aromatic carbocycles. The van der Waals surface area contributed by atoms with Crippen molar-refractivity contribution in [2.75, 3.05) is 16.8 Å². The highest BCUT2D eigenvalue weighted by Crippen LogP contribution is 2.20. The number of para-hydroxylation sites is 1. The molecule has 29 heavy (non-hydrogen) atoms. The lowest BCUT2D eigenvalue weighted by molar-refractivity contribution is 0.0697. The third-order valence-electron chi connectivity index (χ3n) is 4.44. The topological polar surface area (TPSA) is 118 Å². The molecule has 0 unspecified atom stereocenters. The highest BCUT2D eigenvalue weighted by molar-refractivity contribution is 6.09. The van der Waals surface area contributed by atoms with Gasteiger partial charge in [-0.3, -0.25) is 4.79 Å². The molecule has 0 saturated carbocycles. The van der Waals surface area contributed by atoms with Crippen LogP contribution in [0.15, 0.2) is 60.7 Å². The van der Waals surface area contributed by atoms with Crippen molar-refractivity contribution < 1.29 is 14.7 Å². The van der Waals surface area contributed by atoms with E-state index in [2.05, 4.69) is 5.32 Å². The number of nitrogens with two attached hydrogens (primary N) is 2. The Morgan fingerprint density at radius 3 is 1.66 bits per heavy atom. The number of rotatable bonds is 3. The molecule has 6 nitrogen and oxygen atoms in total. The number of hydrogen-bond acceptors (Lipinski definition) is 4. The number of benzene rings is 3. The average Bonchev–Trinajstić information content (AvgIpc) is 2.63. The van der Waals surface area contributed by atoms with Crippen LogP contribution >= 0.6 is 0 Å². The maximum atomic E-state index is 12.2. The fourth-order valence-electron chi connectivity index (χ4n) is 2.88. The minimum absolute atomic E-state index is 0.167. The molecule has 1 amide bonds. The normalized spacial score (nSPS) is 9.90. The summed E-state index contributed by atoms with van der Waals surface area (Å²) in [5, 5.41) is 11.6. The number of carbonyl (C=O) groups excluding carboxylic acids is 1. The van der Waals surface area contributed by atoms with Crippen LogP contribution in [0.3, 0.4) is 0 Å². The lowest BCUT2D eigenvalue weighted by Gasteiger charge is -2.11. The van der Waals surface area contributed by atoms with E-state index in [0.29, 0.717) is 22.5 Å². The second-order valence-corrected chi connectivity index (χ2v) is 6.65. The summed E-state index contributed by atoms with van der Waals surface area (Å²) in [5.74, 6) is -1.14. The van der Waals surface area contributed by atoms with Crippen LogP contribution in [0.4, 0.5) is 17.1 Å². The summed E-state index contributed by atoms with van der Waals surface area (Å²) >= 11 is 0. The van der Waals surface area contributed by atoms with Gasteiger partial charge in [-0.2, -0.15) is 0 Å². The Morgan fingerprint density at radius 2 is 1.21 bits per heavy atom. The fraction of sp³-hybridized carbons (Fsp3) is 0.130. The van der Waals surface area contributed by atoms with Gasteiger partial charge in [-0.05, 0) is 55.7 Å². The molecule has 0 aliphatic heterocycles. The van der Waals surface area contributed by atoms with E-state index in [1.54, 1.807) is 31.2 Å². The quantitative estimate of drug-likeness (QED) is 0.493. The number of aromatic carboxylic acids is 1. The van der Waals surface area contributed by atoms with E-state index in [4.69, 9.17) is 16.6 Å². The van der Waals surface area contributed by atoms with Crippen LogP contribution in [-0.4, -0.2) is 17.0 Å². The van der Waals surface area contributed by atoms with Gasteiger partial charge in [0.2, 0.25) is 0 Å². The van der Waals surface area contributed by atoms with Crippen molar-refractivity contribution in [1.29, 1.82) is 0 Å². The first-order valence-electron chi connectivity index (χ1n) is 9.02. The lowest BCUT2D eigenvalue weighted by atomic mass is 10.1. The zero-order valence-corrected chi connectivity index (χ0v) is 16.7. The number of carbonyl (C=O) groups is 2. The third kappa shape index (κ3) is 5.35. The Labute approximate surface area is 170 Å². The summed E-state index contributed by atoms with van der Waals surface area (Å²) in [6.45, 7) is 5.56. The molecular formula is C23H25N3O3.